The first-order valence-electron chi connectivity index (χ1n) is 5.61. The van der Waals surface area contributed by atoms with E-state index in [1.54, 1.807) is 12.4 Å². The maximum Gasteiger partial charge on any atom is 0.123 e. The summed E-state index contributed by atoms with van der Waals surface area (Å²) in [7, 11) is 1.91. The van der Waals surface area contributed by atoms with Gasteiger partial charge in [-0.05, 0) is 42.4 Å². The molecule has 0 spiro atoms. The van der Waals surface area contributed by atoms with E-state index in [4.69, 9.17) is 0 Å². The van der Waals surface area contributed by atoms with Gasteiger partial charge in [0, 0.05) is 24.9 Å². The number of hydrogen-bond acceptors (Lipinski definition) is 2. The number of nitrogens with one attached hydrogen (secondary N) is 1. The van der Waals surface area contributed by atoms with E-state index in [-0.39, 0.29) is 11.7 Å². The van der Waals surface area contributed by atoms with E-state index in [2.05, 4.69) is 10.3 Å². The summed E-state index contributed by atoms with van der Waals surface area (Å²) in [4.78, 5) is 4.02. The lowest BCUT2D eigenvalue weighted by Crippen LogP contribution is -2.18. The molecular formula is C14H15FN2. The molecule has 0 aliphatic rings. The third-order valence-electron chi connectivity index (χ3n) is 2.79. The maximum absolute atomic E-state index is 12.9. The fourth-order valence-electron chi connectivity index (χ4n) is 1.92. The average Bonchev–Trinajstić information content (AvgIpc) is 2.38. The summed E-state index contributed by atoms with van der Waals surface area (Å²) in [5, 5.41) is 3.17. The van der Waals surface area contributed by atoms with Gasteiger partial charge in [-0.25, -0.2) is 4.39 Å². The topological polar surface area (TPSA) is 24.9 Å². The van der Waals surface area contributed by atoms with Gasteiger partial charge in [0.1, 0.15) is 5.82 Å². The van der Waals surface area contributed by atoms with Crippen LogP contribution in [0, 0.1) is 5.82 Å². The van der Waals surface area contributed by atoms with Gasteiger partial charge >= 0.3 is 0 Å². The fourth-order valence-corrected chi connectivity index (χ4v) is 1.92. The highest BCUT2D eigenvalue weighted by Crippen LogP contribution is 2.23. The Hall–Kier alpha value is -1.74. The normalized spacial score (nSPS) is 12.4. The van der Waals surface area contributed by atoms with Gasteiger partial charge in [-0.2, -0.15) is 0 Å². The summed E-state index contributed by atoms with van der Waals surface area (Å²) in [6, 6.07) is 10.6. The van der Waals surface area contributed by atoms with Crippen LogP contribution in [0.1, 0.15) is 17.0 Å². The van der Waals surface area contributed by atoms with Crippen molar-refractivity contribution in [3.05, 3.63) is 65.7 Å². The van der Waals surface area contributed by atoms with Crippen LogP contribution >= 0.6 is 0 Å². The molecule has 0 saturated carbocycles. The smallest absolute Gasteiger partial charge is 0.123 e. The van der Waals surface area contributed by atoms with Gasteiger partial charge in [0.25, 0.3) is 0 Å². The molecule has 1 aromatic carbocycles. The van der Waals surface area contributed by atoms with Crippen molar-refractivity contribution in [2.24, 2.45) is 0 Å². The van der Waals surface area contributed by atoms with Gasteiger partial charge in [0.15, 0.2) is 0 Å². The molecule has 0 aliphatic carbocycles. The summed E-state index contributed by atoms with van der Waals surface area (Å²) < 4.78 is 12.9. The molecule has 0 radical (unpaired) electrons. The standard InChI is InChI=1S/C14H15FN2/c1-16-10-14(12-6-8-17-9-7-12)11-2-4-13(15)5-3-11/h2-9,14,16H,10H2,1H3. The number of rotatable bonds is 4. The van der Waals surface area contributed by atoms with Crippen LogP contribution < -0.4 is 5.32 Å². The Morgan fingerprint density at radius 2 is 1.65 bits per heavy atom. The van der Waals surface area contributed by atoms with Crippen LogP contribution in [0.5, 0.6) is 0 Å². The van der Waals surface area contributed by atoms with Crippen LogP contribution in [0.3, 0.4) is 0 Å². The summed E-state index contributed by atoms with van der Waals surface area (Å²) in [5.74, 6) is 0.0234. The molecule has 2 nitrogen and oxygen atoms in total. The lowest BCUT2D eigenvalue weighted by atomic mass is 9.92. The van der Waals surface area contributed by atoms with Gasteiger partial charge in [0.2, 0.25) is 0 Å². The Morgan fingerprint density at radius 1 is 1.06 bits per heavy atom. The maximum atomic E-state index is 12.9. The van der Waals surface area contributed by atoms with Crippen molar-refractivity contribution in [2.45, 2.75) is 5.92 Å². The number of nitrogens with zero attached hydrogens (tertiary/aromatic N) is 1. The quantitative estimate of drug-likeness (QED) is 0.873. The van der Waals surface area contributed by atoms with E-state index in [9.17, 15) is 4.39 Å². The van der Waals surface area contributed by atoms with Gasteiger partial charge in [-0.15, -0.1) is 0 Å². The minimum absolute atomic E-state index is 0.202. The number of hydrogen-bond donors (Lipinski definition) is 1. The molecule has 1 unspecified atom stereocenters. The Bertz CT molecular complexity index is 453. The van der Waals surface area contributed by atoms with Crippen LogP contribution in [-0.4, -0.2) is 18.6 Å². The van der Waals surface area contributed by atoms with Crippen molar-refractivity contribution in [1.29, 1.82) is 0 Å². The molecule has 1 aromatic heterocycles. The van der Waals surface area contributed by atoms with Gasteiger partial charge in [-0.3, -0.25) is 4.98 Å². The molecule has 0 aliphatic heterocycles. The van der Waals surface area contributed by atoms with Crippen LogP contribution in [0.4, 0.5) is 4.39 Å². The van der Waals surface area contributed by atoms with Crippen LogP contribution in [-0.2, 0) is 0 Å². The summed E-state index contributed by atoms with van der Waals surface area (Å²) >= 11 is 0. The number of likely N-dealkylation sites (N-methyl/N-ethyl adjacent to an activating group) is 1. The van der Waals surface area contributed by atoms with Gasteiger partial charge in [0.05, 0.1) is 0 Å². The van der Waals surface area contributed by atoms with Crippen molar-refractivity contribution in [2.75, 3.05) is 13.6 Å². The first kappa shape index (κ1) is 11.7. The predicted octanol–water partition coefficient (Wildman–Crippen LogP) is 2.57. The minimum Gasteiger partial charge on any atom is -0.319 e. The zero-order valence-electron chi connectivity index (χ0n) is 9.73. The molecule has 3 heteroatoms. The van der Waals surface area contributed by atoms with Gasteiger partial charge in [-0.1, -0.05) is 12.1 Å². The number of halogens is 1. The second-order valence-corrected chi connectivity index (χ2v) is 3.94. The van der Waals surface area contributed by atoms with E-state index < -0.39 is 0 Å². The van der Waals surface area contributed by atoms with Crippen LogP contribution in [0.15, 0.2) is 48.8 Å². The molecule has 1 heterocycles. The SMILES string of the molecule is CNCC(c1ccncc1)c1ccc(F)cc1. The number of benzene rings is 1. The Kier molecular flexibility index (Phi) is 3.83. The molecule has 88 valence electrons. The van der Waals surface area contributed by atoms with E-state index in [0.29, 0.717) is 0 Å². The lowest BCUT2D eigenvalue weighted by molar-refractivity contribution is 0.625. The molecule has 1 atom stereocenters. The summed E-state index contributed by atoms with van der Waals surface area (Å²) in [6.07, 6.45) is 3.56. The van der Waals surface area contributed by atoms with E-state index in [1.807, 2.05) is 31.3 Å². The molecular weight excluding hydrogens is 215 g/mol. The zero-order valence-corrected chi connectivity index (χ0v) is 9.73. The van der Waals surface area contributed by atoms with Crippen molar-refractivity contribution >= 4 is 0 Å². The highest BCUT2D eigenvalue weighted by molar-refractivity contribution is 5.31. The highest BCUT2D eigenvalue weighted by Gasteiger charge is 2.12. The van der Waals surface area contributed by atoms with Gasteiger partial charge < -0.3 is 5.32 Å². The van der Waals surface area contributed by atoms with Crippen LogP contribution in [0.25, 0.3) is 0 Å². The molecule has 0 amide bonds. The van der Waals surface area contributed by atoms with Crippen molar-refractivity contribution in [3.8, 4) is 0 Å². The van der Waals surface area contributed by atoms with E-state index in [1.165, 1.54) is 17.7 Å². The molecule has 17 heavy (non-hydrogen) atoms. The Balaban J connectivity index is 2.32. The first-order chi connectivity index (χ1) is 8.31. The number of pyridine rings is 1. The van der Waals surface area contributed by atoms with Crippen molar-refractivity contribution < 1.29 is 4.39 Å². The monoisotopic (exact) mass is 230 g/mol. The molecule has 0 bridgehead atoms. The first-order valence-corrected chi connectivity index (χ1v) is 5.61. The number of aromatic nitrogens is 1. The second-order valence-electron chi connectivity index (χ2n) is 3.94. The third kappa shape index (κ3) is 2.88. The van der Waals surface area contributed by atoms with Crippen LogP contribution in [0.2, 0.25) is 0 Å². The highest BCUT2D eigenvalue weighted by atomic mass is 19.1. The zero-order chi connectivity index (χ0) is 12.1. The molecule has 1 N–H and O–H groups in total. The predicted molar refractivity (Wildman–Crippen MR) is 66.4 cm³/mol. The minimum atomic E-state index is -0.202. The summed E-state index contributed by atoms with van der Waals surface area (Å²) in [5.41, 5.74) is 2.29. The largest absolute Gasteiger partial charge is 0.319 e. The Morgan fingerprint density at radius 3 is 2.24 bits per heavy atom. The molecule has 0 saturated heterocycles. The molecule has 0 fully saturated rings. The Labute approximate surface area is 101 Å². The second kappa shape index (κ2) is 5.55. The van der Waals surface area contributed by atoms with Crippen molar-refractivity contribution in [1.82, 2.24) is 10.3 Å². The lowest BCUT2D eigenvalue weighted by Gasteiger charge is -2.17. The fraction of sp³-hybridized carbons (Fsp3) is 0.214. The van der Waals surface area contributed by atoms with E-state index >= 15 is 0 Å². The van der Waals surface area contributed by atoms with E-state index in [0.717, 1.165) is 12.1 Å². The average molecular weight is 230 g/mol. The van der Waals surface area contributed by atoms with Crippen molar-refractivity contribution in [3.63, 3.8) is 0 Å². The molecule has 2 aromatic rings. The summed E-state index contributed by atoms with van der Waals surface area (Å²) in [6.45, 7) is 0.815. The molecule has 2 rings (SSSR count). The third-order valence-corrected chi connectivity index (χ3v) is 2.79.